The summed E-state index contributed by atoms with van der Waals surface area (Å²) >= 11 is 1.80. The van der Waals surface area contributed by atoms with Crippen molar-refractivity contribution in [3.05, 3.63) is 48.0 Å². The Morgan fingerprint density at radius 1 is 1.14 bits per heavy atom. The number of fused-ring (bicyclic) bond motifs is 2. The lowest BCUT2D eigenvalue weighted by atomic mass is 10.1. The lowest BCUT2D eigenvalue weighted by Gasteiger charge is -2.33. The van der Waals surface area contributed by atoms with Crippen LogP contribution in [0, 0.1) is 0 Å². The fraction of sp³-hybridized carbons (Fsp3) is 0.235. The summed E-state index contributed by atoms with van der Waals surface area (Å²) in [5, 5.41) is 11.9. The quantitative estimate of drug-likeness (QED) is 0.495. The molecule has 0 bridgehead atoms. The summed E-state index contributed by atoms with van der Waals surface area (Å²) < 4.78 is 0. The summed E-state index contributed by atoms with van der Waals surface area (Å²) in [4.78, 5) is 4.92. The van der Waals surface area contributed by atoms with Gasteiger partial charge in [-0.15, -0.1) is 0 Å². The van der Waals surface area contributed by atoms with Crippen molar-refractivity contribution >= 4 is 29.4 Å². The summed E-state index contributed by atoms with van der Waals surface area (Å²) in [5.41, 5.74) is 3.38. The Kier molecular flexibility index (Phi) is 4.15. The summed E-state index contributed by atoms with van der Waals surface area (Å²) in [7, 11) is 0. The molecular weight excluding hydrogens is 280 g/mol. The second-order valence-electron chi connectivity index (χ2n) is 5.05. The second kappa shape index (κ2) is 6.22. The van der Waals surface area contributed by atoms with Gasteiger partial charge >= 0.3 is 0 Å². The Hall–Kier alpha value is -1.94. The molecule has 1 aliphatic heterocycles. The van der Waals surface area contributed by atoms with E-state index in [9.17, 15) is 0 Å². The topological polar surface area (TPSA) is 35.8 Å². The van der Waals surface area contributed by atoms with Crippen LogP contribution in [0.4, 0.5) is 11.4 Å². The zero-order valence-electron chi connectivity index (χ0n) is 12.0. The smallest absolute Gasteiger partial charge is 0.0734 e. The number of hydrogen-bond donors (Lipinski definition) is 1. The number of unbranched alkanes of at least 4 members (excludes halogenated alkanes) is 1. The molecule has 4 heteroatoms. The molecule has 0 atom stereocenters. The molecule has 1 N–H and O–H groups in total. The van der Waals surface area contributed by atoms with Gasteiger partial charge in [-0.3, -0.25) is 0 Å². The lowest BCUT2D eigenvalue weighted by molar-refractivity contribution is 0.322. The highest BCUT2D eigenvalue weighted by Gasteiger charge is 2.22. The third kappa shape index (κ3) is 2.76. The number of oxime groups is 1. The fourth-order valence-electron chi connectivity index (χ4n) is 2.55. The average Bonchev–Trinajstić information content (AvgIpc) is 2.52. The summed E-state index contributed by atoms with van der Waals surface area (Å²) in [6, 6.07) is 14.7. The van der Waals surface area contributed by atoms with Crippen molar-refractivity contribution in [1.82, 2.24) is 0 Å². The van der Waals surface area contributed by atoms with E-state index in [2.05, 4.69) is 53.4 Å². The molecule has 0 aliphatic carbocycles. The first-order valence-electron chi connectivity index (χ1n) is 7.19. The summed E-state index contributed by atoms with van der Waals surface area (Å²) in [5.74, 6) is 0. The maximum absolute atomic E-state index is 8.74. The van der Waals surface area contributed by atoms with Crippen LogP contribution in [0.5, 0.6) is 0 Å². The largest absolute Gasteiger partial charge is 0.411 e. The molecule has 0 unspecified atom stereocenters. The number of rotatable bonds is 4. The zero-order valence-corrected chi connectivity index (χ0v) is 12.8. The highest BCUT2D eigenvalue weighted by Crippen LogP contribution is 2.48. The van der Waals surface area contributed by atoms with Crippen LogP contribution in [-0.4, -0.2) is 18.0 Å². The van der Waals surface area contributed by atoms with Crippen LogP contribution in [0.3, 0.4) is 0 Å². The average molecular weight is 298 g/mol. The number of nitrogens with zero attached hydrogens (tertiary/aromatic N) is 2. The van der Waals surface area contributed by atoms with Crippen LogP contribution in [0.2, 0.25) is 0 Å². The molecule has 0 spiro atoms. The summed E-state index contributed by atoms with van der Waals surface area (Å²) in [6.07, 6.45) is 3.79. The Labute approximate surface area is 129 Å². The third-order valence-corrected chi connectivity index (χ3v) is 4.72. The van der Waals surface area contributed by atoms with Gasteiger partial charge in [0.15, 0.2) is 0 Å². The van der Waals surface area contributed by atoms with Crippen molar-refractivity contribution in [3.8, 4) is 0 Å². The Balaban J connectivity index is 2.06. The molecule has 0 amide bonds. The first-order valence-corrected chi connectivity index (χ1v) is 8.01. The van der Waals surface area contributed by atoms with Gasteiger partial charge in [0.1, 0.15) is 0 Å². The number of benzene rings is 2. The van der Waals surface area contributed by atoms with Gasteiger partial charge in [0.05, 0.1) is 17.6 Å². The Morgan fingerprint density at radius 2 is 1.95 bits per heavy atom. The van der Waals surface area contributed by atoms with Gasteiger partial charge in [0.2, 0.25) is 0 Å². The molecule has 0 fully saturated rings. The van der Waals surface area contributed by atoms with Crippen LogP contribution in [0.25, 0.3) is 0 Å². The molecule has 3 nitrogen and oxygen atoms in total. The maximum Gasteiger partial charge on any atom is 0.0734 e. The predicted octanol–water partition coefficient (Wildman–Crippen LogP) is 4.90. The molecule has 0 aromatic heterocycles. The van der Waals surface area contributed by atoms with Gasteiger partial charge in [0, 0.05) is 16.3 Å². The molecular formula is C17H18N2OS. The van der Waals surface area contributed by atoms with E-state index in [-0.39, 0.29) is 0 Å². The van der Waals surface area contributed by atoms with Gasteiger partial charge in [0.25, 0.3) is 0 Å². The summed E-state index contributed by atoms with van der Waals surface area (Å²) in [6.45, 7) is 3.21. The first kappa shape index (κ1) is 14.0. The number of para-hydroxylation sites is 1. The lowest BCUT2D eigenvalue weighted by Crippen LogP contribution is -2.22. The highest BCUT2D eigenvalue weighted by atomic mass is 32.2. The van der Waals surface area contributed by atoms with Crippen molar-refractivity contribution in [2.45, 2.75) is 29.6 Å². The van der Waals surface area contributed by atoms with Crippen molar-refractivity contribution in [3.63, 3.8) is 0 Å². The van der Waals surface area contributed by atoms with Crippen molar-refractivity contribution in [2.75, 3.05) is 11.4 Å². The highest BCUT2D eigenvalue weighted by molar-refractivity contribution is 7.99. The minimum Gasteiger partial charge on any atom is -0.411 e. The van der Waals surface area contributed by atoms with E-state index in [4.69, 9.17) is 5.21 Å². The number of hydrogen-bond acceptors (Lipinski definition) is 4. The van der Waals surface area contributed by atoms with Crippen LogP contribution >= 0.6 is 11.8 Å². The van der Waals surface area contributed by atoms with Crippen LogP contribution in [0.15, 0.2) is 57.4 Å². The first-order chi connectivity index (χ1) is 10.3. The van der Waals surface area contributed by atoms with Crippen molar-refractivity contribution in [1.29, 1.82) is 0 Å². The van der Waals surface area contributed by atoms with Gasteiger partial charge in [-0.25, -0.2) is 0 Å². The standard InChI is InChI=1S/C17H18N2OS/c1-2-3-10-19-14-6-4-5-7-16(14)21-17-9-8-13(12-18-20)11-15(17)19/h4-9,11-12,20H,2-3,10H2,1H3/b18-12+. The van der Waals surface area contributed by atoms with Gasteiger partial charge < -0.3 is 10.1 Å². The van der Waals surface area contributed by atoms with E-state index in [1.807, 2.05) is 6.07 Å². The SMILES string of the molecule is CCCCN1c2ccccc2Sc2ccc(/C=N/O)cc21. The molecule has 3 rings (SSSR count). The minimum atomic E-state index is 0.915. The van der Waals surface area contributed by atoms with E-state index in [1.165, 1.54) is 33.8 Å². The van der Waals surface area contributed by atoms with E-state index in [0.717, 1.165) is 18.5 Å². The molecule has 0 saturated heterocycles. The van der Waals surface area contributed by atoms with E-state index in [1.54, 1.807) is 11.8 Å². The van der Waals surface area contributed by atoms with Gasteiger partial charge in [-0.05, 0) is 36.2 Å². The number of anilines is 2. The van der Waals surface area contributed by atoms with Crippen LogP contribution < -0.4 is 4.90 Å². The monoisotopic (exact) mass is 298 g/mol. The van der Waals surface area contributed by atoms with Gasteiger partial charge in [-0.1, -0.05) is 48.5 Å². The Bertz CT molecular complexity index is 670. The van der Waals surface area contributed by atoms with Crippen LogP contribution in [0.1, 0.15) is 25.3 Å². The molecule has 2 aromatic rings. The van der Waals surface area contributed by atoms with E-state index < -0.39 is 0 Å². The fourth-order valence-corrected chi connectivity index (χ4v) is 3.63. The van der Waals surface area contributed by atoms with Crippen LogP contribution in [-0.2, 0) is 0 Å². The normalized spacial score (nSPS) is 13.3. The second-order valence-corrected chi connectivity index (χ2v) is 6.13. The molecule has 0 saturated carbocycles. The maximum atomic E-state index is 8.74. The molecule has 1 aliphatic rings. The Morgan fingerprint density at radius 3 is 2.76 bits per heavy atom. The van der Waals surface area contributed by atoms with E-state index in [0.29, 0.717) is 0 Å². The molecule has 1 heterocycles. The predicted molar refractivity (Wildman–Crippen MR) is 88.3 cm³/mol. The van der Waals surface area contributed by atoms with E-state index >= 15 is 0 Å². The molecule has 2 aromatic carbocycles. The zero-order chi connectivity index (χ0) is 14.7. The third-order valence-electron chi connectivity index (χ3n) is 3.59. The molecule has 108 valence electrons. The molecule has 0 radical (unpaired) electrons. The molecule has 21 heavy (non-hydrogen) atoms. The van der Waals surface area contributed by atoms with Crippen molar-refractivity contribution < 1.29 is 5.21 Å². The van der Waals surface area contributed by atoms with Crippen molar-refractivity contribution in [2.24, 2.45) is 5.16 Å². The minimum absolute atomic E-state index is 0.915. The van der Waals surface area contributed by atoms with Gasteiger partial charge in [-0.2, -0.15) is 0 Å².